The number of carboxylic acid groups (broad SMARTS) is 1. The van der Waals surface area contributed by atoms with Crippen LogP contribution in [-0.4, -0.2) is 60.1 Å². The van der Waals surface area contributed by atoms with Crippen LogP contribution >= 0.6 is 0 Å². The van der Waals surface area contributed by atoms with Crippen molar-refractivity contribution in [2.24, 2.45) is 0 Å². The van der Waals surface area contributed by atoms with E-state index >= 15 is 0 Å². The average molecular weight is 274 g/mol. The minimum atomic E-state index is -1.08. The van der Waals surface area contributed by atoms with E-state index in [-0.39, 0.29) is 37.9 Å². The van der Waals surface area contributed by atoms with Crippen LogP contribution in [0.3, 0.4) is 0 Å². The van der Waals surface area contributed by atoms with E-state index in [9.17, 15) is 14.4 Å². The van der Waals surface area contributed by atoms with Gasteiger partial charge in [-0.05, 0) is 13.8 Å². The summed E-state index contributed by atoms with van der Waals surface area (Å²) in [5.41, 5.74) is 0. The average Bonchev–Trinajstić information content (AvgIpc) is 2.33. The number of hydrogen-bond acceptors (Lipinski definition) is 4. The van der Waals surface area contributed by atoms with E-state index in [2.05, 4.69) is 5.32 Å². The van der Waals surface area contributed by atoms with Crippen LogP contribution < -0.4 is 5.32 Å². The zero-order valence-electron chi connectivity index (χ0n) is 11.6. The highest BCUT2D eigenvalue weighted by atomic mass is 16.5. The second-order valence-electron chi connectivity index (χ2n) is 4.03. The van der Waals surface area contributed by atoms with Gasteiger partial charge in [-0.25, -0.2) is 4.79 Å². The van der Waals surface area contributed by atoms with Gasteiger partial charge in [0.15, 0.2) is 0 Å². The van der Waals surface area contributed by atoms with Gasteiger partial charge < -0.3 is 20.1 Å². The van der Waals surface area contributed by atoms with Gasteiger partial charge in [0.25, 0.3) is 0 Å². The van der Waals surface area contributed by atoms with E-state index in [4.69, 9.17) is 9.84 Å². The summed E-state index contributed by atoms with van der Waals surface area (Å²) in [6, 6.07) is -0.928. The largest absolute Gasteiger partial charge is 0.480 e. The summed E-state index contributed by atoms with van der Waals surface area (Å²) in [5, 5.41) is 11.5. The fourth-order valence-electron chi connectivity index (χ4n) is 1.47. The molecule has 7 heteroatoms. The van der Waals surface area contributed by atoms with Gasteiger partial charge in [0.2, 0.25) is 11.8 Å². The third kappa shape index (κ3) is 7.40. The Morgan fingerprint density at radius 1 is 1.37 bits per heavy atom. The lowest BCUT2D eigenvalue weighted by atomic mass is 10.2. The van der Waals surface area contributed by atoms with Crippen molar-refractivity contribution in [3.63, 3.8) is 0 Å². The number of carbonyl (C=O) groups is 3. The van der Waals surface area contributed by atoms with Crippen molar-refractivity contribution in [3.8, 4) is 0 Å². The molecule has 0 aliphatic heterocycles. The molecule has 0 aliphatic rings. The number of aliphatic carboxylic acids is 1. The van der Waals surface area contributed by atoms with Gasteiger partial charge in [0.05, 0.1) is 13.0 Å². The topological polar surface area (TPSA) is 95.9 Å². The van der Waals surface area contributed by atoms with E-state index in [0.717, 1.165) is 0 Å². The van der Waals surface area contributed by atoms with Crippen LogP contribution in [0, 0.1) is 0 Å². The van der Waals surface area contributed by atoms with Gasteiger partial charge in [0, 0.05) is 26.6 Å². The molecule has 0 radical (unpaired) electrons. The van der Waals surface area contributed by atoms with Gasteiger partial charge in [-0.1, -0.05) is 0 Å². The fourth-order valence-corrected chi connectivity index (χ4v) is 1.47. The molecule has 0 aromatic carbocycles. The first-order valence-electron chi connectivity index (χ1n) is 6.24. The van der Waals surface area contributed by atoms with Crippen molar-refractivity contribution in [3.05, 3.63) is 0 Å². The lowest BCUT2D eigenvalue weighted by Crippen LogP contribution is -2.47. The fraction of sp³-hybridized carbons (Fsp3) is 0.750. The number of nitrogens with one attached hydrogen (secondary N) is 1. The van der Waals surface area contributed by atoms with Gasteiger partial charge in [-0.2, -0.15) is 0 Å². The van der Waals surface area contributed by atoms with Crippen LogP contribution in [-0.2, 0) is 19.1 Å². The molecule has 1 atom stereocenters. The van der Waals surface area contributed by atoms with Gasteiger partial charge in [0.1, 0.15) is 6.04 Å². The maximum absolute atomic E-state index is 11.9. The minimum Gasteiger partial charge on any atom is -0.480 e. The second kappa shape index (κ2) is 9.32. The van der Waals surface area contributed by atoms with E-state index < -0.39 is 12.0 Å². The predicted molar refractivity (Wildman–Crippen MR) is 68.6 cm³/mol. The van der Waals surface area contributed by atoms with Crippen molar-refractivity contribution in [2.45, 2.75) is 33.2 Å². The Kier molecular flexibility index (Phi) is 8.52. The number of ether oxygens (including phenoxy) is 1. The molecule has 2 N–H and O–H groups in total. The number of nitrogens with zero attached hydrogens (tertiary/aromatic N) is 1. The molecule has 0 rings (SSSR count). The van der Waals surface area contributed by atoms with Crippen LogP contribution in [0.2, 0.25) is 0 Å². The SMILES string of the molecule is CCOCCC(=O)N(CCNC(C)=O)C(C)C(=O)O. The van der Waals surface area contributed by atoms with Gasteiger partial charge in [-0.3, -0.25) is 9.59 Å². The Morgan fingerprint density at radius 2 is 2.00 bits per heavy atom. The summed E-state index contributed by atoms with van der Waals surface area (Å²) < 4.78 is 5.07. The summed E-state index contributed by atoms with van der Waals surface area (Å²) in [5.74, 6) is -1.59. The summed E-state index contributed by atoms with van der Waals surface area (Å²) >= 11 is 0. The van der Waals surface area contributed by atoms with E-state index in [0.29, 0.717) is 6.61 Å². The number of rotatable bonds is 9. The molecule has 0 aliphatic carbocycles. The van der Waals surface area contributed by atoms with Crippen LogP contribution in [0.1, 0.15) is 27.2 Å². The molecular formula is C12H22N2O5. The molecule has 0 aromatic heterocycles. The third-order valence-electron chi connectivity index (χ3n) is 2.54. The molecule has 0 spiro atoms. The van der Waals surface area contributed by atoms with Gasteiger partial charge in [-0.15, -0.1) is 0 Å². The summed E-state index contributed by atoms with van der Waals surface area (Å²) in [7, 11) is 0. The molecule has 110 valence electrons. The molecule has 7 nitrogen and oxygen atoms in total. The Bertz CT molecular complexity index is 319. The van der Waals surface area contributed by atoms with Crippen molar-refractivity contribution in [1.29, 1.82) is 0 Å². The Morgan fingerprint density at radius 3 is 2.47 bits per heavy atom. The maximum atomic E-state index is 11.9. The number of carbonyl (C=O) groups excluding carboxylic acids is 2. The van der Waals surface area contributed by atoms with E-state index in [1.807, 2.05) is 6.92 Å². The lowest BCUT2D eigenvalue weighted by molar-refractivity contribution is -0.149. The third-order valence-corrected chi connectivity index (χ3v) is 2.54. The van der Waals surface area contributed by atoms with Crippen LogP contribution in [0.4, 0.5) is 0 Å². The number of carboxylic acids is 1. The molecule has 0 bridgehead atoms. The molecule has 0 fully saturated rings. The molecule has 0 heterocycles. The number of amides is 2. The van der Waals surface area contributed by atoms with Crippen molar-refractivity contribution < 1.29 is 24.2 Å². The quantitative estimate of drug-likeness (QED) is 0.570. The van der Waals surface area contributed by atoms with E-state index in [1.165, 1.54) is 18.7 Å². The van der Waals surface area contributed by atoms with Crippen molar-refractivity contribution >= 4 is 17.8 Å². The molecule has 0 saturated heterocycles. The molecule has 1 unspecified atom stereocenters. The zero-order valence-corrected chi connectivity index (χ0v) is 11.6. The van der Waals surface area contributed by atoms with Crippen LogP contribution in [0.5, 0.6) is 0 Å². The first-order valence-corrected chi connectivity index (χ1v) is 6.24. The monoisotopic (exact) mass is 274 g/mol. The normalized spacial score (nSPS) is 11.7. The van der Waals surface area contributed by atoms with Gasteiger partial charge >= 0.3 is 5.97 Å². The number of hydrogen-bond donors (Lipinski definition) is 2. The first-order chi connectivity index (χ1) is 8.90. The van der Waals surface area contributed by atoms with Crippen LogP contribution in [0.25, 0.3) is 0 Å². The molecule has 0 saturated carbocycles. The lowest BCUT2D eigenvalue weighted by Gasteiger charge is -2.26. The van der Waals surface area contributed by atoms with Crippen molar-refractivity contribution in [2.75, 3.05) is 26.3 Å². The Labute approximate surface area is 112 Å². The summed E-state index contributed by atoms with van der Waals surface area (Å²) in [6.45, 7) is 5.78. The maximum Gasteiger partial charge on any atom is 0.326 e. The van der Waals surface area contributed by atoms with E-state index in [1.54, 1.807) is 0 Å². The molecule has 2 amide bonds. The van der Waals surface area contributed by atoms with Crippen LogP contribution in [0.15, 0.2) is 0 Å². The molecule has 0 aromatic rings. The van der Waals surface area contributed by atoms with Crippen molar-refractivity contribution in [1.82, 2.24) is 10.2 Å². The smallest absolute Gasteiger partial charge is 0.326 e. The summed E-state index contributed by atoms with van der Waals surface area (Å²) in [4.78, 5) is 34.9. The highest BCUT2D eigenvalue weighted by Crippen LogP contribution is 2.03. The second-order valence-corrected chi connectivity index (χ2v) is 4.03. The zero-order chi connectivity index (χ0) is 14.8. The standard InChI is InChI=1S/C12H22N2O5/c1-4-19-8-5-11(16)14(9(2)12(17)18)7-6-13-10(3)15/h9H,4-8H2,1-3H3,(H,13,15)(H,17,18). The highest BCUT2D eigenvalue weighted by molar-refractivity contribution is 5.83. The first kappa shape index (κ1) is 17.4. The molecule has 19 heavy (non-hydrogen) atoms. The summed E-state index contributed by atoms with van der Waals surface area (Å²) in [6.07, 6.45) is 0.130. The predicted octanol–water partition coefficient (Wildman–Crippen LogP) is -0.149. The highest BCUT2D eigenvalue weighted by Gasteiger charge is 2.24. The Hall–Kier alpha value is -1.63. The minimum absolute atomic E-state index is 0.130. The molecular weight excluding hydrogens is 252 g/mol. The Balaban J connectivity index is 4.43.